The van der Waals surface area contributed by atoms with E-state index in [1.807, 2.05) is 0 Å². The van der Waals surface area contributed by atoms with Gasteiger partial charge in [0, 0.05) is 6.04 Å². The van der Waals surface area contributed by atoms with Gasteiger partial charge >= 0.3 is 0 Å². The number of halogens is 1. The van der Waals surface area contributed by atoms with Crippen LogP contribution in [-0.2, 0) is 0 Å². The molecule has 1 unspecified atom stereocenters. The molecule has 0 bridgehead atoms. The molecule has 0 aromatic rings. The Morgan fingerprint density at radius 1 is 1.17 bits per heavy atom. The number of likely N-dealkylation sites (tertiary alicyclic amines) is 1. The standard InChI is InChI=1S/C10H20FN/c1-8(2)12-6-4-10(5-7-12)9(3)11/h8-10H,4-7H2,1-3H3. The molecule has 0 aliphatic carbocycles. The lowest BCUT2D eigenvalue weighted by molar-refractivity contribution is 0.108. The zero-order valence-electron chi connectivity index (χ0n) is 8.39. The van der Waals surface area contributed by atoms with E-state index in [0.29, 0.717) is 12.0 Å². The highest BCUT2D eigenvalue weighted by Crippen LogP contribution is 2.23. The Bertz CT molecular complexity index is 110. The minimum Gasteiger partial charge on any atom is -0.301 e. The summed E-state index contributed by atoms with van der Waals surface area (Å²) < 4.78 is 12.9. The highest BCUT2D eigenvalue weighted by Gasteiger charge is 2.24. The summed E-state index contributed by atoms with van der Waals surface area (Å²) in [6, 6.07) is 0.626. The van der Waals surface area contributed by atoms with Crippen LogP contribution in [0.5, 0.6) is 0 Å². The van der Waals surface area contributed by atoms with Crippen LogP contribution in [0, 0.1) is 5.92 Å². The summed E-state index contributed by atoms with van der Waals surface area (Å²) in [7, 11) is 0. The third-order valence-electron chi connectivity index (χ3n) is 2.95. The van der Waals surface area contributed by atoms with Crippen molar-refractivity contribution in [2.75, 3.05) is 13.1 Å². The average Bonchev–Trinajstić information content (AvgIpc) is 2.04. The van der Waals surface area contributed by atoms with Gasteiger partial charge in [0.25, 0.3) is 0 Å². The van der Waals surface area contributed by atoms with Crippen LogP contribution in [0.3, 0.4) is 0 Å². The summed E-state index contributed by atoms with van der Waals surface area (Å²) in [4.78, 5) is 2.43. The summed E-state index contributed by atoms with van der Waals surface area (Å²) in [5.74, 6) is 0.319. The number of nitrogens with zero attached hydrogens (tertiary/aromatic N) is 1. The highest BCUT2D eigenvalue weighted by atomic mass is 19.1. The fourth-order valence-electron chi connectivity index (χ4n) is 1.90. The first-order valence-corrected chi connectivity index (χ1v) is 4.99. The number of hydrogen-bond acceptors (Lipinski definition) is 1. The number of rotatable bonds is 2. The molecule has 72 valence electrons. The topological polar surface area (TPSA) is 3.24 Å². The van der Waals surface area contributed by atoms with Crippen LogP contribution in [-0.4, -0.2) is 30.2 Å². The first kappa shape index (κ1) is 9.97. The van der Waals surface area contributed by atoms with Crippen LogP contribution in [0.1, 0.15) is 33.6 Å². The van der Waals surface area contributed by atoms with Gasteiger partial charge in [-0.1, -0.05) is 0 Å². The molecule has 0 aromatic heterocycles. The monoisotopic (exact) mass is 173 g/mol. The molecular formula is C10H20FN. The molecule has 0 spiro atoms. The van der Waals surface area contributed by atoms with E-state index in [4.69, 9.17) is 0 Å². The van der Waals surface area contributed by atoms with E-state index in [0.717, 1.165) is 25.9 Å². The first-order chi connectivity index (χ1) is 5.61. The zero-order valence-corrected chi connectivity index (χ0v) is 8.39. The third-order valence-corrected chi connectivity index (χ3v) is 2.95. The van der Waals surface area contributed by atoms with Gasteiger partial charge in [-0.15, -0.1) is 0 Å². The van der Waals surface area contributed by atoms with E-state index in [1.165, 1.54) is 0 Å². The molecule has 0 radical (unpaired) electrons. The molecule has 12 heavy (non-hydrogen) atoms. The molecule has 1 heterocycles. The van der Waals surface area contributed by atoms with Crippen molar-refractivity contribution in [3.05, 3.63) is 0 Å². The molecule has 1 rings (SSSR count). The van der Waals surface area contributed by atoms with Crippen LogP contribution in [0.2, 0.25) is 0 Å². The minimum absolute atomic E-state index is 0.319. The molecule has 1 saturated heterocycles. The highest BCUT2D eigenvalue weighted by molar-refractivity contribution is 4.77. The molecule has 1 nitrogen and oxygen atoms in total. The summed E-state index contributed by atoms with van der Waals surface area (Å²) >= 11 is 0. The maximum Gasteiger partial charge on any atom is 0.100 e. The molecule has 1 fully saturated rings. The van der Waals surface area contributed by atoms with Gasteiger partial charge in [-0.25, -0.2) is 4.39 Å². The fraction of sp³-hybridized carbons (Fsp3) is 1.00. The van der Waals surface area contributed by atoms with Crippen molar-refractivity contribution in [2.24, 2.45) is 5.92 Å². The summed E-state index contributed by atoms with van der Waals surface area (Å²) in [6.45, 7) is 8.27. The summed E-state index contributed by atoms with van der Waals surface area (Å²) in [5, 5.41) is 0. The molecule has 1 atom stereocenters. The normalized spacial score (nSPS) is 24.8. The molecule has 0 aromatic carbocycles. The molecule has 1 aliphatic rings. The van der Waals surface area contributed by atoms with Gasteiger partial charge < -0.3 is 4.90 Å². The van der Waals surface area contributed by atoms with Gasteiger partial charge in [0.1, 0.15) is 6.17 Å². The van der Waals surface area contributed by atoms with Gasteiger partial charge in [-0.05, 0) is 52.6 Å². The van der Waals surface area contributed by atoms with E-state index in [1.54, 1.807) is 6.92 Å². The van der Waals surface area contributed by atoms with E-state index in [-0.39, 0.29) is 0 Å². The van der Waals surface area contributed by atoms with Crippen LogP contribution < -0.4 is 0 Å². The van der Waals surface area contributed by atoms with Gasteiger partial charge in [-0.2, -0.15) is 0 Å². The van der Waals surface area contributed by atoms with Crippen LogP contribution in [0.25, 0.3) is 0 Å². The van der Waals surface area contributed by atoms with E-state index >= 15 is 0 Å². The smallest absolute Gasteiger partial charge is 0.100 e. The predicted octanol–water partition coefficient (Wildman–Crippen LogP) is 2.46. The second kappa shape index (κ2) is 4.22. The first-order valence-electron chi connectivity index (χ1n) is 4.99. The molecular weight excluding hydrogens is 153 g/mol. The van der Waals surface area contributed by atoms with Crippen LogP contribution in [0.15, 0.2) is 0 Å². The van der Waals surface area contributed by atoms with Crippen LogP contribution >= 0.6 is 0 Å². The lowest BCUT2D eigenvalue weighted by atomic mass is 9.92. The second-order valence-electron chi connectivity index (χ2n) is 4.14. The Balaban J connectivity index is 2.30. The van der Waals surface area contributed by atoms with Crippen molar-refractivity contribution >= 4 is 0 Å². The molecule has 1 aliphatic heterocycles. The Labute approximate surface area is 74.9 Å². The maximum atomic E-state index is 12.9. The van der Waals surface area contributed by atoms with Gasteiger partial charge in [0.2, 0.25) is 0 Å². The van der Waals surface area contributed by atoms with E-state index in [2.05, 4.69) is 18.7 Å². The predicted molar refractivity (Wildman–Crippen MR) is 50.0 cm³/mol. The van der Waals surface area contributed by atoms with E-state index in [9.17, 15) is 4.39 Å². The number of hydrogen-bond donors (Lipinski definition) is 0. The second-order valence-corrected chi connectivity index (χ2v) is 4.14. The summed E-state index contributed by atoms with van der Waals surface area (Å²) in [6.07, 6.45) is 1.46. The third kappa shape index (κ3) is 2.44. The van der Waals surface area contributed by atoms with Crippen molar-refractivity contribution in [1.29, 1.82) is 0 Å². The Kier molecular flexibility index (Phi) is 3.51. The maximum absolute atomic E-state index is 12.9. The average molecular weight is 173 g/mol. The van der Waals surface area contributed by atoms with Crippen molar-refractivity contribution in [2.45, 2.75) is 45.8 Å². The minimum atomic E-state index is -0.612. The number of alkyl halides is 1. The Morgan fingerprint density at radius 3 is 2.00 bits per heavy atom. The molecule has 2 heteroatoms. The molecule has 0 N–H and O–H groups in total. The number of piperidine rings is 1. The SMILES string of the molecule is CC(F)C1CCN(C(C)C)CC1. The van der Waals surface area contributed by atoms with Crippen molar-refractivity contribution in [3.8, 4) is 0 Å². The Morgan fingerprint density at radius 2 is 1.67 bits per heavy atom. The lowest BCUT2D eigenvalue weighted by Crippen LogP contribution is -2.40. The van der Waals surface area contributed by atoms with E-state index < -0.39 is 6.17 Å². The van der Waals surface area contributed by atoms with Gasteiger partial charge in [-0.3, -0.25) is 0 Å². The fourth-order valence-corrected chi connectivity index (χ4v) is 1.90. The van der Waals surface area contributed by atoms with Crippen molar-refractivity contribution in [1.82, 2.24) is 4.90 Å². The summed E-state index contributed by atoms with van der Waals surface area (Å²) in [5.41, 5.74) is 0. The Hall–Kier alpha value is -0.110. The van der Waals surface area contributed by atoms with Gasteiger partial charge in [0.05, 0.1) is 0 Å². The van der Waals surface area contributed by atoms with Crippen molar-refractivity contribution in [3.63, 3.8) is 0 Å². The largest absolute Gasteiger partial charge is 0.301 e. The van der Waals surface area contributed by atoms with Crippen molar-refractivity contribution < 1.29 is 4.39 Å². The molecule has 0 saturated carbocycles. The quantitative estimate of drug-likeness (QED) is 0.620. The van der Waals surface area contributed by atoms with Gasteiger partial charge in [0.15, 0.2) is 0 Å². The zero-order chi connectivity index (χ0) is 9.14. The lowest BCUT2D eigenvalue weighted by Gasteiger charge is -2.35. The molecule has 0 amide bonds. The van der Waals surface area contributed by atoms with Crippen LogP contribution in [0.4, 0.5) is 4.39 Å².